The number of rotatable bonds is 5. The van der Waals surface area contributed by atoms with Crippen LogP contribution < -0.4 is 5.32 Å². The Morgan fingerprint density at radius 2 is 2.00 bits per heavy atom. The highest BCUT2D eigenvalue weighted by atomic mass is 35.5. The second kappa shape index (κ2) is 6.07. The molecule has 1 aromatic rings. The molecule has 0 aliphatic heterocycles. The molecule has 0 saturated heterocycles. The van der Waals surface area contributed by atoms with E-state index in [2.05, 4.69) is 38.1 Å². The quantitative estimate of drug-likeness (QED) is 0.891. The maximum Gasteiger partial charge on any atom is 0.0849 e. The fourth-order valence-electron chi connectivity index (χ4n) is 2.38. The number of nitrogens with zero attached hydrogens (tertiary/aromatic N) is 2. The highest BCUT2D eigenvalue weighted by Gasteiger charge is 2.23. The van der Waals surface area contributed by atoms with Crippen LogP contribution >= 0.6 is 11.6 Å². The SMILES string of the molecule is CCc1nn(C)c(CCC(NC)C(C)(C)C)c1Cl. The summed E-state index contributed by atoms with van der Waals surface area (Å²) in [6, 6.07) is 0.480. The van der Waals surface area contributed by atoms with E-state index in [1.165, 1.54) is 0 Å². The molecule has 0 aromatic carbocycles. The van der Waals surface area contributed by atoms with E-state index in [0.29, 0.717) is 6.04 Å². The summed E-state index contributed by atoms with van der Waals surface area (Å²) in [6.07, 6.45) is 2.93. The van der Waals surface area contributed by atoms with E-state index in [0.717, 1.165) is 35.7 Å². The van der Waals surface area contributed by atoms with Crippen LogP contribution in [0.15, 0.2) is 0 Å². The van der Waals surface area contributed by atoms with Crippen LogP contribution in [0.2, 0.25) is 5.02 Å². The van der Waals surface area contributed by atoms with Gasteiger partial charge in [0.1, 0.15) is 0 Å². The first-order valence-corrected chi connectivity index (χ1v) is 7.06. The molecule has 104 valence electrons. The zero-order valence-corrected chi connectivity index (χ0v) is 13.2. The molecular weight excluding hydrogens is 246 g/mol. The van der Waals surface area contributed by atoms with Crippen LogP contribution in [0.5, 0.6) is 0 Å². The smallest absolute Gasteiger partial charge is 0.0849 e. The molecule has 0 fully saturated rings. The molecule has 4 heteroatoms. The minimum atomic E-state index is 0.257. The van der Waals surface area contributed by atoms with Gasteiger partial charge in [0, 0.05) is 13.1 Å². The van der Waals surface area contributed by atoms with Crippen molar-refractivity contribution in [1.82, 2.24) is 15.1 Å². The molecular formula is C14H26ClN3. The third-order valence-electron chi connectivity index (χ3n) is 3.57. The Morgan fingerprint density at radius 1 is 1.39 bits per heavy atom. The molecule has 1 atom stereocenters. The average Bonchev–Trinajstić information content (AvgIpc) is 2.54. The molecule has 1 unspecified atom stereocenters. The predicted octanol–water partition coefficient (Wildman–Crippen LogP) is 3.20. The number of halogens is 1. The minimum absolute atomic E-state index is 0.257. The van der Waals surface area contributed by atoms with Crippen LogP contribution in [0.1, 0.15) is 45.5 Å². The third-order valence-corrected chi connectivity index (χ3v) is 4.00. The topological polar surface area (TPSA) is 29.9 Å². The van der Waals surface area contributed by atoms with Crippen LogP contribution in [-0.2, 0) is 19.9 Å². The molecule has 18 heavy (non-hydrogen) atoms. The first-order valence-electron chi connectivity index (χ1n) is 6.68. The van der Waals surface area contributed by atoms with Crippen molar-refractivity contribution in [3.05, 3.63) is 16.4 Å². The first-order chi connectivity index (χ1) is 8.31. The highest BCUT2D eigenvalue weighted by molar-refractivity contribution is 6.31. The molecule has 0 saturated carbocycles. The predicted molar refractivity (Wildman–Crippen MR) is 78.2 cm³/mol. The van der Waals surface area contributed by atoms with Crippen molar-refractivity contribution in [3.63, 3.8) is 0 Å². The summed E-state index contributed by atoms with van der Waals surface area (Å²) in [5.41, 5.74) is 2.41. The van der Waals surface area contributed by atoms with E-state index in [4.69, 9.17) is 11.6 Å². The van der Waals surface area contributed by atoms with E-state index >= 15 is 0 Å². The largest absolute Gasteiger partial charge is 0.316 e. The van der Waals surface area contributed by atoms with Crippen molar-refractivity contribution in [2.24, 2.45) is 12.5 Å². The molecule has 1 rings (SSSR count). The highest BCUT2D eigenvalue weighted by Crippen LogP contribution is 2.26. The molecule has 0 bridgehead atoms. The van der Waals surface area contributed by atoms with Crippen LogP contribution in [0.3, 0.4) is 0 Å². The Morgan fingerprint density at radius 3 is 2.39 bits per heavy atom. The molecule has 0 amide bonds. The summed E-state index contributed by atoms with van der Waals surface area (Å²) in [5, 5.41) is 8.71. The fraction of sp³-hybridized carbons (Fsp3) is 0.786. The van der Waals surface area contributed by atoms with Gasteiger partial charge in [-0.25, -0.2) is 0 Å². The summed E-state index contributed by atoms with van der Waals surface area (Å²) in [6.45, 7) is 8.87. The molecule has 0 spiro atoms. The van der Waals surface area contributed by atoms with Gasteiger partial charge in [-0.1, -0.05) is 39.3 Å². The Bertz CT molecular complexity index is 390. The molecule has 0 aliphatic carbocycles. The lowest BCUT2D eigenvalue weighted by Crippen LogP contribution is -2.38. The summed E-state index contributed by atoms with van der Waals surface area (Å²) in [4.78, 5) is 0. The Kier molecular flexibility index (Phi) is 5.23. The van der Waals surface area contributed by atoms with Crippen molar-refractivity contribution in [2.45, 2.75) is 53.0 Å². The standard InChI is InChI=1S/C14H26ClN3/c1-7-10-13(15)11(18(6)17-10)8-9-12(16-5)14(2,3)4/h12,16H,7-9H2,1-6H3. The molecule has 0 aliphatic rings. The Labute approximate surface area is 116 Å². The summed E-state index contributed by atoms with van der Waals surface area (Å²) in [7, 11) is 4.00. The van der Waals surface area contributed by atoms with E-state index in [1.807, 2.05) is 18.8 Å². The van der Waals surface area contributed by atoms with E-state index in [9.17, 15) is 0 Å². The van der Waals surface area contributed by atoms with Gasteiger partial charge in [-0.05, 0) is 31.7 Å². The first kappa shape index (κ1) is 15.5. The van der Waals surface area contributed by atoms with Crippen molar-refractivity contribution in [1.29, 1.82) is 0 Å². The fourth-order valence-corrected chi connectivity index (χ4v) is 2.77. The molecule has 1 aromatic heterocycles. The molecule has 3 nitrogen and oxygen atoms in total. The van der Waals surface area contributed by atoms with Crippen LogP contribution in [0, 0.1) is 5.41 Å². The van der Waals surface area contributed by atoms with E-state index < -0.39 is 0 Å². The monoisotopic (exact) mass is 271 g/mol. The van der Waals surface area contributed by atoms with Crippen LogP contribution in [0.25, 0.3) is 0 Å². The lowest BCUT2D eigenvalue weighted by molar-refractivity contribution is 0.266. The summed E-state index contributed by atoms with van der Waals surface area (Å²) < 4.78 is 1.93. The van der Waals surface area contributed by atoms with E-state index in [1.54, 1.807) is 0 Å². The number of aromatic nitrogens is 2. The second-order valence-electron chi connectivity index (χ2n) is 5.93. The third kappa shape index (κ3) is 3.48. The number of aryl methyl sites for hydroxylation is 2. The van der Waals surface area contributed by atoms with Crippen LogP contribution in [-0.4, -0.2) is 22.9 Å². The van der Waals surface area contributed by atoms with Crippen molar-refractivity contribution < 1.29 is 0 Å². The maximum atomic E-state index is 6.37. The van der Waals surface area contributed by atoms with Crippen molar-refractivity contribution >= 4 is 11.6 Å². The Balaban J connectivity index is 2.77. The second-order valence-corrected chi connectivity index (χ2v) is 6.31. The summed E-state index contributed by atoms with van der Waals surface area (Å²) in [5.74, 6) is 0. The van der Waals surface area contributed by atoms with Gasteiger partial charge in [0.25, 0.3) is 0 Å². The molecule has 1 heterocycles. The van der Waals surface area contributed by atoms with Crippen LogP contribution in [0.4, 0.5) is 0 Å². The van der Waals surface area contributed by atoms with Gasteiger partial charge >= 0.3 is 0 Å². The molecule has 1 N–H and O–H groups in total. The normalized spacial score (nSPS) is 13.9. The lowest BCUT2D eigenvalue weighted by Gasteiger charge is -2.30. The van der Waals surface area contributed by atoms with Gasteiger partial charge in [-0.2, -0.15) is 5.10 Å². The summed E-state index contributed by atoms with van der Waals surface area (Å²) >= 11 is 6.37. The van der Waals surface area contributed by atoms with Gasteiger partial charge in [-0.15, -0.1) is 0 Å². The van der Waals surface area contributed by atoms with Crippen molar-refractivity contribution in [2.75, 3.05) is 7.05 Å². The molecule has 0 radical (unpaired) electrons. The van der Waals surface area contributed by atoms with Gasteiger partial charge in [0.2, 0.25) is 0 Å². The average molecular weight is 272 g/mol. The zero-order chi connectivity index (χ0) is 13.9. The minimum Gasteiger partial charge on any atom is -0.316 e. The maximum absolute atomic E-state index is 6.37. The van der Waals surface area contributed by atoms with E-state index in [-0.39, 0.29) is 5.41 Å². The Hall–Kier alpha value is -0.540. The van der Waals surface area contributed by atoms with Gasteiger partial charge in [-0.3, -0.25) is 4.68 Å². The van der Waals surface area contributed by atoms with Gasteiger partial charge in [0.15, 0.2) is 0 Å². The van der Waals surface area contributed by atoms with Gasteiger partial charge in [0.05, 0.1) is 16.4 Å². The zero-order valence-electron chi connectivity index (χ0n) is 12.5. The number of hydrogen-bond donors (Lipinski definition) is 1. The number of nitrogens with one attached hydrogen (secondary N) is 1. The number of hydrogen-bond acceptors (Lipinski definition) is 2. The van der Waals surface area contributed by atoms with Crippen molar-refractivity contribution in [3.8, 4) is 0 Å². The lowest BCUT2D eigenvalue weighted by atomic mass is 9.84. The van der Waals surface area contributed by atoms with Gasteiger partial charge < -0.3 is 5.32 Å².